The van der Waals surface area contributed by atoms with Crippen LogP contribution in [0.15, 0.2) is 42.5 Å². The Bertz CT molecular complexity index is 1170. The Balaban J connectivity index is 1.34. The van der Waals surface area contributed by atoms with Crippen molar-refractivity contribution in [3.8, 4) is 11.5 Å². The molecule has 1 amide bonds. The molecule has 1 saturated carbocycles. The summed E-state index contributed by atoms with van der Waals surface area (Å²) in [5.41, 5.74) is 7.74. The van der Waals surface area contributed by atoms with Gasteiger partial charge in [-0.15, -0.1) is 0 Å². The van der Waals surface area contributed by atoms with Crippen molar-refractivity contribution in [1.82, 2.24) is 14.9 Å². The third-order valence-electron chi connectivity index (χ3n) is 7.01. The minimum Gasteiger partial charge on any atom is -0.493 e. The summed E-state index contributed by atoms with van der Waals surface area (Å²) in [5.74, 6) is 2.39. The summed E-state index contributed by atoms with van der Waals surface area (Å²) >= 11 is 0. The van der Waals surface area contributed by atoms with Crippen LogP contribution in [0.3, 0.4) is 0 Å². The third-order valence-corrected chi connectivity index (χ3v) is 7.01. The molecule has 1 aromatic heterocycles. The average Bonchev–Trinajstić information content (AvgIpc) is 2.83. The first-order valence-corrected chi connectivity index (χ1v) is 11.3. The lowest BCUT2D eigenvalue weighted by Gasteiger charge is -2.46. The molecular formula is C25H29N5O3. The number of rotatable bonds is 5. The number of nitrogens with zero attached hydrogens (tertiary/aromatic N) is 4. The zero-order chi connectivity index (χ0) is 23.0. The Hall–Kier alpha value is -3.55. The number of amides is 1. The molecule has 8 heteroatoms. The van der Waals surface area contributed by atoms with E-state index in [4.69, 9.17) is 20.2 Å². The van der Waals surface area contributed by atoms with E-state index in [1.54, 1.807) is 20.3 Å². The molecule has 5 rings (SSSR count). The van der Waals surface area contributed by atoms with Gasteiger partial charge in [-0.2, -0.15) is 4.98 Å². The molecule has 33 heavy (non-hydrogen) atoms. The van der Waals surface area contributed by atoms with Gasteiger partial charge in [0.2, 0.25) is 11.9 Å². The van der Waals surface area contributed by atoms with Crippen LogP contribution in [0.4, 0.5) is 11.8 Å². The molecule has 0 unspecified atom stereocenters. The van der Waals surface area contributed by atoms with Crippen molar-refractivity contribution in [2.75, 3.05) is 51.0 Å². The van der Waals surface area contributed by atoms with Crippen LogP contribution in [-0.2, 0) is 10.2 Å². The fraction of sp³-hybridized carbons (Fsp3) is 0.400. The Morgan fingerprint density at radius 1 is 0.970 bits per heavy atom. The second kappa shape index (κ2) is 8.42. The van der Waals surface area contributed by atoms with Crippen LogP contribution in [0.1, 0.15) is 24.8 Å². The highest BCUT2D eigenvalue weighted by Crippen LogP contribution is 2.45. The third kappa shape index (κ3) is 3.59. The van der Waals surface area contributed by atoms with Gasteiger partial charge < -0.3 is 25.0 Å². The van der Waals surface area contributed by atoms with Crippen LogP contribution in [-0.4, -0.2) is 61.2 Å². The number of piperazine rings is 1. The number of nitrogen functional groups attached to an aromatic ring is 1. The van der Waals surface area contributed by atoms with Crippen LogP contribution in [0.25, 0.3) is 10.9 Å². The van der Waals surface area contributed by atoms with E-state index < -0.39 is 0 Å². The minimum absolute atomic E-state index is 0.246. The largest absolute Gasteiger partial charge is 0.493 e. The van der Waals surface area contributed by atoms with E-state index in [1.165, 1.54) is 0 Å². The zero-order valence-electron chi connectivity index (χ0n) is 19.1. The lowest BCUT2D eigenvalue weighted by Crippen LogP contribution is -2.57. The van der Waals surface area contributed by atoms with Gasteiger partial charge in [0, 0.05) is 37.6 Å². The summed E-state index contributed by atoms with van der Waals surface area (Å²) in [6.07, 6.45) is 2.94. The van der Waals surface area contributed by atoms with E-state index in [1.807, 2.05) is 29.2 Å². The SMILES string of the molecule is COc1cc2nc(N3CCN(C(=O)C4(c5ccccc5)CCC4)CC3)nc(N)c2cc1OC. The van der Waals surface area contributed by atoms with Crippen molar-refractivity contribution in [2.24, 2.45) is 0 Å². The van der Waals surface area contributed by atoms with Crippen molar-refractivity contribution in [3.05, 3.63) is 48.0 Å². The summed E-state index contributed by atoms with van der Waals surface area (Å²) in [6, 6.07) is 13.8. The van der Waals surface area contributed by atoms with Gasteiger partial charge in [-0.3, -0.25) is 4.79 Å². The first-order chi connectivity index (χ1) is 16.1. The van der Waals surface area contributed by atoms with Crippen molar-refractivity contribution in [3.63, 3.8) is 0 Å². The maximum atomic E-state index is 13.5. The second-order valence-electron chi connectivity index (χ2n) is 8.71. The van der Waals surface area contributed by atoms with E-state index in [-0.39, 0.29) is 11.3 Å². The first-order valence-electron chi connectivity index (χ1n) is 11.3. The lowest BCUT2D eigenvalue weighted by molar-refractivity contribution is -0.141. The van der Waals surface area contributed by atoms with Gasteiger partial charge in [0.1, 0.15) is 5.82 Å². The van der Waals surface area contributed by atoms with Gasteiger partial charge in [-0.05, 0) is 24.5 Å². The molecule has 172 valence electrons. The van der Waals surface area contributed by atoms with E-state index >= 15 is 0 Å². The standard InChI is InChI=1S/C25H29N5O3/c1-32-20-15-18-19(16-21(20)33-2)27-24(28-22(18)26)30-13-11-29(12-14-30)23(31)25(9-6-10-25)17-7-4-3-5-8-17/h3-5,7-8,15-16H,6,9-14H2,1-2H3,(H2,26,27,28). The van der Waals surface area contributed by atoms with Crippen LogP contribution >= 0.6 is 0 Å². The summed E-state index contributed by atoms with van der Waals surface area (Å²) in [5, 5.41) is 0.722. The van der Waals surface area contributed by atoms with Crippen molar-refractivity contribution < 1.29 is 14.3 Å². The Morgan fingerprint density at radius 3 is 2.24 bits per heavy atom. The first kappa shape index (κ1) is 21.3. The summed E-state index contributed by atoms with van der Waals surface area (Å²) in [4.78, 5) is 26.9. The Kier molecular flexibility index (Phi) is 5.44. The smallest absolute Gasteiger partial charge is 0.233 e. The van der Waals surface area contributed by atoms with Crippen LogP contribution in [0.5, 0.6) is 11.5 Å². The Morgan fingerprint density at radius 2 is 1.64 bits per heavy atom. The molecule has 0 radical (unpaired) electrons. The van der Waals surface area contributed by atoms with Gasteiger partial charge in [0.25, 0.3) is 0 Å². The maximum Gasteiger partial charge on any atom is 0.233 e. The lowest BCUT2D eigenvalue weighted by atomic mass is 9.63. The molecule has 1 saturated heterocycles. The molecule has 2 fully saturated rings. The number of benzene rings is 2. The second-order valence-corrected chi connectivity index (χ2v) is 8.71. The van der Waals surface area contributed by atoms with E-state index in [0.29, 0.717) is 55.0 Å². The number of carbonyl (C=O) groups excluding carboxylic acids is 1. The average molecular weight is 448 g/mol. The normalized spacial score (nSPS) is 17.5. The van der Waals surface area contributed by atoms with Gasteiger partial charge in [-0.1, -0.05) is 36.8 Å². The molecule has 2 heterocycles. The number of nitrogens with two attached hydrogens (primary N) is 1. The van der Waals surface area contributed by atoms with Crippen LogP contribution in [0.2, 0.25) is 0 Å². The highest BCUT2D eigenvalue weighted by molar-refractivity contribution is 5.92. The highest BCUT2D eigenvalue weighted by atomic mass is 16.5. The van der Waals surface area contributed by atoms with Crippen molar-refractivity contribution >= 4 is 28.6 Å². The molecule has 0 spiro atoms. The maximum absolute atomic E-state index is 13.5. The number of hydrogen-bond acceptors (Lipinski definition) is 7. The quantitative estimate of drug-likeness (QED) is 0.643. The van der Waals surface area contributed by atoms with Gasteiger partial charge in [-0.25, -0.2) is 4.98 Å². The van der Waals surface area contributed by atoms with Gasteiger partial charge in [0.15, 0.2) is 11.5 Å². The zero-order valence-corrected chi connectivity index (χ0v) is 19.1. The predicted octanol–water partition coefficient (Wildman–Crippen LogP) is 3.00. The van der Waals surface area contributed by atoms with E-state index in [0.717, 1.165) is 30.2 Å². The highest BCUT2D eigenvalue weighted by Gasteiger charge is 2.47. The number of anilines is 2. The molecule has 3 aromatic rings. The van der Waals surface area contributed by atoms with Crippen LogP contribution < -0.4 is 20.1 Å². The number of carbonyl (C=O) groups is 1. The van der Waals surface area contributed by atoms with Gasteiger partial charge in [0.05, 0.1) is 25.2 Å². The fourth-order valence-corrected chi connectivity index (χ4v) is 4.93. The monoisotopic (exact) mass is 447 g/mol. The van der Waals surface area contributed by atoms with E-state index in [2.05, 4.69) is 22.0 Å². The molecular weight excluding hydrogens is 418 g/mol. The van der Waals surface area contributed by atoms with Crippen molar-refractivity contribution in [1.29, 1.82) is 0 Å². The number of aromatic nitrogens is 2. The van der Waals surface area contributed by atoms with Gasteiger partial charge >= 0.3 is 0 Å². The fourth-order valence-electron chi connectivity index (χ4n) is 4.93. The summed E-state index contributed by atoms with van der Waals surface area (Å²) < 4.78 is 10.8. The molecule has 0 atom stereocenters. The number of methoxy groups -OCH3 is 2. The minimum atomic E-state index is -0.358. The molecule has 8 nitrogen and oxygen atoms in total. The Labute approximate surface area is 193 Å². The number of ether oxygens (including phenoxy) is 2. The number of fused-ring (bicyclic) bond motifs is 1. The molecule has 0 bridgehead atoms. The molecule has 1 aliphatic heterocycles. The van der Waals surface area contributed by atoms with Crippen LogP contribution in [0, 0.1) is 0 Å². The molecule has 2 N–H and O–H groups in total. The molecule has 2 aliphatic rings. The topological polar surface area (TPSA) is 93.8 Å². The summed E-state index contributed by atoms with van der Waals surface area (Å²) in [6.45, 7) is 2.60. The number of hydrogen-bond donors (Lipinski definition) is 1. The molecule has 1 aliphatic carbocycles. The molecule has 2 aromatic carbocycles. The summed E-state index contributed by atoms with van der Waals surface area (Å²) in [7, 11) is 3.18. The van der Waals surface area contributed by atoms with E-state index in [9.17, 15) is 4.79 Å². The van der Waals surface area contributed by atoms with Crippen molar-refractivity contribution in [2.45, 2.75) is 24.7 Å². The predicted molar refractivity (Wildman–Crippen MR) is 128 cm³/mol.